The third-order valence-corrected chi connectivity index (χ3v) is 3.03. The van der Waals surface area contributed by atoms with Crippen molar-refractivity contribution < 1.29 is 13.0 Å². The van der Waals surface area contributed by atoms with E-state index in [-0.39, 0.29) is 0 Å². The first kappa shape index (κ1) is 9.13. The fourth-order valence-corrected chi connectivity index (χ4v) is 2.37. The summed E-state index contributed by atoms with van der Waals surface area (Å²) in [5.74, 6) is 0. The molecule has 5 heteroatoms. The Balaban J connectivity index is 3.90. The highest BCUT2D eigenvalue weighted by Gasteiger charge is 2.14. The molecular weight excluding hydrogens is 156 g/mol. The molecule has 0 aromatic rings. The van der Waals surface area contributed by atoms with Gasteiger partial charge in [0.15, 0.2) is 0 Å². The van der Waals surface area contributed by atoms with Crippen LogP contribution in [0.3, 0.4) is 0 Å². The molecule has 1 N–H and O–H groups in total. The molecule has 0 fully saturated rings. The van der Waals surface area contributed by atoms with Gasteiger partial charge in [-0.05, 0) is 13.3 Å². The summed E-state index contributed by atoms with van der Waals surface area (Å²) < 4.78 is 29.0. The first-order chi connectivity index (χ1) is 3.98. The molecule has 0 saturated carbocycles. The maximum atomic E-state index is 10.3. The van der Waals surface area contributed by atoms with Gasteiger partial charge in [0.2, 0.25) is 0 Å². The zero-order valence-corrected chi connectivity index (χ0v) is 8.48. The second-order valence-corrected chi connectivity index (χ2v) is 4.95. The summed E-state index contributed by atoms with van der Waals surface area (Å²) in [6.07, 6.45) is 0.588. The average molecular weight is 168 g/mol. The van der Waals surface area contributed by atoms with Crippen LogP contribution in [0.15, 0.2) is 0 Å². The predicted octanol–water partition coefficient (Wildman–Crippen LogP) is -0.563. The molecule has 3 nitrogen and oxygen atoms in total. The molecule has 0 amide bonds. The lowest BCUT2D eigenvalue weighted by Crippen LogP contribution is -2.15. The van der Waals surface area contributed by atoms with Crippen LogP contribution in [0.2, 0.25) is 6.04 Å². The smallest absolute Gasteiger partial charge is 0.267 e. The summed E-state index contributed by atoms with van der Waals surface area (Å²) >= 11 is 0. The minimum absolute atomic E-state index is 0.574. The minimum Gasteiger partial charge on any atom is -0.285 e. The lowest BCUT2D eigenvalue weighted by Gasteiger charge is -2.03. The largest absolute Gasteiger partial charge is 0.285 e. The second-order valence-electron chi connectivity index (χ2n) is 2.11. The molecule has 1 unspecified atom stereocenters. The van der Waals surface area contributed by atoms with E-state index in [4.69, 9.17) is 4.55 Å². The van der Waals surface area contributed by atoms with Crippen molar-refractivity contribution in [2.75, 3.05) is 0 Å². The standard InChI is InChI=1S/C4H12O3SSi/c1-4(2-3-9)8(5,6)7/h4H,2-3H2,1,9H3,(H,5,6,7). The summed E-state index contributed by atoms with van der Waals surface area (Å²) in [5, 5.41) is -0.574. The van der Waals surface area contributed by atoms with Gasteiger partial charge in [0.1, 0.15) is 0 Å². The normalized spacial score (nSPS) is 15.8. The summed E-state index contributed by atoms with van der Waals surface area (Å²) in [6, 6.07) is 0.918. The van der Waals surface area contributed by atoms with E-state index in [1.54, 1.807) is 0 Å². The van der Waals surface area contributed by atoms with Crippen molar-refractivity contribution in [3.63, 3.8) is 0 Å². The molecular formula is C4H12O3SSi. The first-order valence-corrected chi connectivity index (χ1v) is 5.86. The number of rotatable bonds is 3. The van der Waals surface area contributed by atoms with E-state index in [1.807, 2.05) is 0 Å². The maximum absolute atomic E-state index is 10.3. The number of hydrogen-bond acceptors (Lipinski definition) is 2. The molecule has 0 aliphatic carbocycles. The second kappa shape index (κ2) is 3.33. The maximum Gasteiger partial charge on any atom is 0.267 e. The number of hydrogen-bond donors (Lipinski definition) is 1. The summed E-state index contributed by atoms with van der Waals surface area (Å²) in [6.45, 7) is 1.52. The van der Waals surface area contributed by atoms with Gasteiger partial charge in [-0.1, -0.05) is 6.04 Å². The molecule has 0 aromatic carbocycles. The lowest BCUT2D eigenvalue weighted by atomic mass is 10.4. The van der Waals surface area contributed by atoms with Gasteiger partial charge in [-0.15, -0.1) is 0 Å². The van der Waals surface area contributed by atoms with Gasteiger partial charge < -0.3 is 0 Å². The van der Waals surface area contributed by atoms with E-state index in [9.17, 15) is 8.42 Å². The summed E-state index contributed by atoms with van der Waals surface area (Å²) in [7, 11) is -2.75. The van der Waals surface area contributed by atoms with Crippen LogP contribution in [0.5, 0.6) is 0 Å². The summed E-state index contributed by atoms with van der Waals surface area (Å²) in [5.41, 5.74) is 0. The Labute approximate surface area is 58.6 Å². The van der Waals surface area contributed by atoms with Crippen LogP contribution in [0.1, 0.15) is 13.3 Å². The van der Waals surface area contributed by atoms with Gasteiger partial charge >= 0.3 is 0 Å². The van der Waals surface area contributed by atoms with Crippen molar-refractivity contribution in [2.24, 2.45) is 0 Å². The Bertz CT molecular complexity index is 163. The highest BCUT2D eigenvalue weighted by molar-refractivity contribution is 7.86. The van der Waals surface area contributed by atoms with E-state index >= 15 is 0 Å². The van der Waals surface area contributed by atoms with Gasteiger partial charge in [-0.2, -0.15) is 8.42 Å². The Hall–Kier alpha value is 0.127. The van der Waals surface area contributed by atoms with Crippen molar-refractivity contribution >= 4 is 20.4 Å². The molecule has 0 bridgehead atoms. The van der Waals surface area contributed by atoms with Crippen LogP contribution in [0.4, 0.5) is 0 Å². The van der Waals surface area contributed by atoms with Crippen LogP contribution in [-0.2, 0) is 10.1 Å². The van der Waals surface area contributed by atoms with E-state index in [0.29, 0.717) is 6.42 Å². The predicted molar refractivity (Wildman–Crippen MR) is 40.4 cm³/mol. The van der Waals surface area contributed by atoms with Crippen molar-refractivity contribution in [3.8, 4) is 0 Å². The van der Waals surface area contributed by atoms with Crippen LogP contribution >= 0.6 is 0 Å². The van der Waals surface area contributed by atoms with E-state index in [1.165, 1.54) is 6.92 Å². The molecule has 0 aromatic heterocycles. The van der Waals surface area contributed by atoms with Crippen LogP contribution in [-0.4, -0.2) is 28.5 Å². The molecule has 1 atom stereocenters. The highest BCUT2D eigenvalue weighted by atomic mass is 32.2. The molecule has 0 radical (unpaired) electrons. The fraction of sp³-hybridized carbons (Fsp3) is 1.00. The molecule has 0 spiro atoms. The Kier molecular flexibility index (Phi) is 3.38. The zero-order chi connectivity index (χ0) is 7.49. The quantitative estimate of drug-likeness (QED) is 0.454. The third-order valence-electron chi connectivity index (χ3n) is 1.20. The van der Waals surface area contributed by atoms with Gasteiger partial charge in [0.05, 0.1) is 5.25 Å². The SMILES string of the molecule is CC(CC[SiH3])S(=O)(=O)O. The van der Waals surface area contributed by atoms with E-state index < -0.39 is 15.4 Å². The van der Waals surface area contributed by atoms with Crippen molar-refractivity contribution in [1.82, 2.24) is 0 Å². The van der Waals surface area contributed by atoms with Crippen LogP contribution in [0.25, 0.3) is 0 Å². The molecule has 0 saturated heterocycles. The zero-order valence-electron chi connectivity index (χ0n) is 5.66. The van der Waals surface area contributed by atoms with Crippen molar-refractivity contribution in [2.45, 2.75) is 24.6 Å². The van der Waals surface area contributed by atoms with Crippen molar-refractivity contribution in [3.05, 3.63) is 0 Å². The molecule has 0 aliphatic heterocycles. The third kappa shape index (κ3) is 3.66. The molecule has 0 heterocycles. The van der Waals surface area contributed by atoms with Crippen LogP contribution in [0, 0.1) is 0 Å². The highest BCUT2D eigenvalue weighted by Crippen LogP contribution is 2.03. The topological polar surface area (TPSA) is 54.4 Å². The van der Waals surface area contributed by atoms with Gasteiger partial charge in [0, 0.05) is 10.2 Å². The van der Waals surface area contributed by atoms with Crippen LogP contribution < -0.4 is 0 Å². The Morgan fingerprint density at radius 2 is 2.11 bits per heavy atom. The molecule has 0 aliphatic rings. The van der Waals surface area contributed by atoms with Crippen molar-refractivity contribution in [1.29, 1.82) is 0 Å². The van der Waals surface area contributed by atoms with Gasteiger partial charge in [-0.25, -0.2) is 0 Å². The van der Waals surface area contributed by atoms with E-state index in [2.05, 4.69) is 0 Å². The molecule has 9 heavy (non-hydrogen) atoms. The summed E-state index contributed by atoms with van der Waals surface area (Å²) in [4.78, 5) is 0. The first-order valence-electron chi connectivity index (χ1n) is 2.94. The van der Waals surface area contributed by atoms with Gasteiger partial charge in [-0.3, -0.25) is 4.55 Å². The lowest BCUT2D eigenvalue weighted by molar-refractivity contribution is 0.468. The average Bonchev–Trinajstić information content (AvgIpc) is 1.64. The van der Waals surface area contributed by atoms with Gasteiger partial charge in [0.25, 0.3) is 10.1 Å². The molecule has 0 rings (SSSR count). The Morgan fingerprint density at radius 1 is 1.67 bits per heavy atom. The Morgan fingerprint density at radius 3 is 2.22 bits per heavy atom. The van der Waals surface area contributed by atoms with E-state index in [0.717, 1.165) is 16.3 Å². The monoisotopic (exact) mass is 168 g/mol. The minimum atomic E-state index is -3.74. The fourth-order valence-electron chi connectivity index (χ4n) is 0.555. The molecule has 56 valence electrons.